The molecule has 6 N–H and O–H groups in total. The van der Waals surface area contributed by atoms with Gasteiger partial charge in [-0.05, 0) is 81.6 Å². The van der Waals surface area contributed by atoms with Gasteiger partial charge in [0, 0.05) is 6.54 Å². The number of amides is 2. The Morgan fingerprint density at radius 1 is 1.21 bits per heavy atom. The van der Waals surface area contributed by atoms with Crippen LogP contribution in [-0.2, 0) is 18.9 Å². The Bertz CT molecular complexity index is 1010. The van der Waals surface area contributed by atoms with Gasteiger partial charge in [0.25, 0.3) is 5.96 Å². The fraction of sp³-hybridized carbons (Fsp3) is 0.893. The summed E-state index contributed by atoms with van der Waals surface area (Å²) >= 11 is 0. The van der Waals surface area contributed by atoms with E-state index in [-0.39, 0.29) is 61.2 Å². The molecule has 5 rings (SSSR count). The Morgan fingerprint density at radius 2 is 1.95 bits per heavy atom. The summed E-state index contributed by atoms with van der Waals surface area (Å²) < 4.78 is 13.2. The van der Waals surface area contributed by atoms with Crippen LogP contribution in [0.4, 0.5) is 0 Å². The molecule has 2 saturated heterocycles. The predicted octanol–water partition coefficient (Wildman–Crippen LogP) is 1.92. The van der Waals surface area contributed by atoms with E-state index in [1.165, 1.54) is 0 Å². The third-order valence-electron chi connectivity index (χ3n) is 9.75. The molecule has 3 aliphatic carbocycles. The first-order valence-corrected chi connectivity index (χ1v) is 15.2. The molecule has 42 heavy (non-hydrogen) atoms. The molecule has 238 valence electrons. The summed E-state index contributed by atoms with van der Waals surface area (Å²) in [6.45, 7) is 11.9. The molecule has 5 fully saturated rings. The van der Waals surface area contributed by atoms with Gasteiger partial charge in [0.1, 0.15) is 6.04 Å². The van der Waals surface area contributed by atoms with Crippen LogP contribution in [0.15, 0.2) is 4.99 Å². The van der Waals surface area contributed by atoms with Crippen molar-refractivity contribution in [3.05, 3.63) is 10.1 Å². The number of aliphatic imine (C=N–C) groups is 1. The van der Waals surface area contributed by atoms with Crippen molar-refractivity contribution in [1.82, 2.24) is 21.4 Å². The van der Waals surface area contributed by atoms with Crippen LogP contribution in [0.1, 0.15) is 93.4 Å². The number of carbonyl (C=O) groups is 2. The highest BCUT2D eigenvalue weighted by Gasteiger charge is 2.68. The average Bonchev–Trinajstić information content (AvgIpc) is 3.26. The van der Waals surface area contributed by atoms with Gasteiger partial charge < -0.3 is 31.0 Å². The second kappa shape index (κ2) is 13.9. The monoisotopic (exact) mass is 593 g/mol. The van der Waals surface area contributed by atoms with Gasteiger partial charge in [0.15, 0.2) is 5.03 Å². The van der Waals surface area contributed by atoms with E-state index in [4.69, 9.17) is 15.0 Å². The Balaban J connectivity index is 0.00000484. The zero-order valence-corrected chi connectivity index (χ0v) is 25.1. The molecule has 3 saturated carbocycles. The van der Waals surface area contributed by atoms with E-state index in [0.29, 0.717) is 37.5 Å². The second-order valence-corrected chi connectivity index (χ2v) is 13.4. The van der Waals surface area contributed by atoms with Crippen molar-refractivity contribution in [2.24, 2.45) is 33.9 Å². The molecular weight excluding hydrogens is 541 g/mol. The zero-order valence-electron chi connectivity index (χ0n) is 25.1. The van der Waals surface area contributed by atoms with E-state index in [2.05, 4.69) is 55.6 Å². The number of hydrazine groups is 1. The number of guanidine groups is 1. The maximum absolute atomic E-state index is 13.7. The zero-order chi connectivity index (χ0) is 29.9. The number of rotatable bonds is 12. The minimum absolute atomic E-state index is 0. The molecular formula is C28H52BN7O6. The molecule has 2 amide bonds. The minimum Gasteiger partial charge on any atom is -0.404 e. The van der Waals surface area contributed by atoms with Gasteiger partial charge in [0.05, 0.1) is 23.7 Å². The summed E-state index contributed by atoms with van der Waals surface area (Å²) in [5, 5.41) is 19.1. The molecule has 2 heterocycles. The summed E-state index contributed by atoms with van der Waals surface area (Å²) in [7, 11) is -0.569. The van der Waals surface area contributed by atoms with Gasteiger partial charge >= 0.3 is 7.12 Å². The molecule has 2 bridgehead atoms. The fourth-order valence-corrected chi connectivity index (χ4v) is 7.34. The van der Waals surface area contributed by atoms with Crippen molar-refractivity contribution in [1.29, 1.82) is 0 Å². The number of nitro groups is 1. The average molecular weight is 594 g/mol. The highest BCUT2D eigenvalue weighted by atomic mass is 16.7. The third-order valence-corrected chi connectivity index (χ3v) is 9.75. The predicted molar refractivity (Wildman–Crippen MR) is 162 cm³/mol. The van der Waals surface area contributed by atoms with Gasteiger partial charge in [0.2, 0.25) is 11.8 Å². The van der Waals surface area contributed by atoms with E-state index in [1.807, 2.05) is 0 Å². The largest absolute Gasteiger partial charge is 0.481 e. The summed E-state index contributed by atoms with van der Waals surface area (Å²) in [5.41, 5.74) is 7.14. The Hall–Kier alpha value is -2.45. The number of piperidine rings is 1. The lowest BCUT2D eigenvalue weighted by atomic mass is 9.43. The number of hydrogen-bond acceptors (Lipinski definition) is 8. The number of nitrogens with zero attached hydrogens (tertiary/aromatic N) is 2. The first-order valence-electron chi connectivity index (χ1n) is 15.2. The van der Waals surface area contributed by atoms with Gasteiger partial charge in [-0.1, -0.05) is 47.0 Å². The first kappa shape index (κ1) is 34.0. The van der Waals surface area contributed by atoms with Crippen molar-refractivity contribution in [3.63, 3.8) is 0 Å². The van der Waals surface area contributed by atoms with Crippen LogP contribution in [0.5, 0.6) is 0 Å². The van der Waals surface area contributed by atoms with Crippen molar-refractivity contribution in [2.45, 2.75) is 123 Å². The van der Waals surface area contributed by atoms with Crippen molar-refractivity contribution in [2.75, 3.05) is 13.1 Å². The lowest BCUT2D eigenvalue weighted by Crippen LogP contribution is -2.65. The van der Waals surface area contributed by atoms with E-state index >= 15 is 0 Å². The van der Waals surface area contributed by atoms with Crippen LogP contribution in [-0.4, -0.2) is 72.7 Å². The molecule has 0 aromatic heterocycles. The summed E-state index contributed by atoms with van der Waals surface area (Å²) in [6, 6.07) is -1.16. The highest BCUT2D eigenvalue weighted by Crippen LogP contribution is 2.65. The van der Waals surface area contributed by atoms with Crippen LogP contribution in [0.25, 0.3) is 0 Å². The highest BCUT2D eigenvalue weighted by molar-refractivity contribution is 6.48. The lowest BCUT2D eigenvalue weighted by molar-refractivity contribution is -0.525. The summed E-state index contributed by atoms with van der Waals surface area (Å²) in [6.07, 6.45) is 6.12. The summed E-state index contributed by atoms with van der Waals surface area (Å²) in [5.74, 6) is 0.0989. The number of nitrogens with one attached hydrogen (secondary N) is 4. The molecule has 1 unspecified atom stereocenters. The summed E-state index contributed by atoms with van der Waals surface area (Å²) in [4.78, 5) is 41.3. The number of carbonyl (C=O) groups excluding carboxylic acids is 2. The Kier molecular flexibility index (Phi) is 11.3. The SMILES string of the molecule is C.CC(C)C[C@H](NC(=O)[C@H](CCCN=C(N)N[N+](=O)[O-])NC(=O)C1CCCCN1)B1O[C@@H]2C[C@@H]3C[C@@H](C3(C)C)[C@]2(C)O1. The van der Waals surface area contributed by atoms with E-state index in [1.54, 1.807) is 5.43 Å². The Morgan fingerprint density at radius 3 is 2.57 bits per heavy atom. The quantitative estimate of drug-likeness (QED) is 0.0564. The maximum Gasteiger partial charge on any atom is 0.481 e. The third kappa shape index (κ3) is 7.54. The van der Waals surface area contributed by atoms with Crippen molar-refractivity contribution in [3.8, 4) is 0 Å². The van der Waals surface area contributed by atoms with E-state index in [0.717, 1.165) is 32.2 Å². The maximum atomic E-state index is 13.7. The van der Waals surface area contributed by atoms with Gasteiger partial charge in [-0.25, -0.2) is 15.1 Å². The molecule has 0 aromatic carbocycles. The van der Waals surface area contributed by atoms with E-state index < -0.39 is 23.8 Å². The van der Waals surface area contributed by atoms with Crippen LogP contribution in [0, 0.1) is 33.3 Å². The van der Waals surface area contributed by atoms with Crippen molar-refractivity contribution < 1.29 is 23.9 Å². The van der Waals surface area contributed by atoms with Gasteiger partial charge in [-0.15, -0.1) is 0 Å². The Labute approximate surface area is 250 Å². The van der Waals surface area contributed by atoms with Gasteiger partial charge in [-0.3, -0.25) is 9.59 Å². The number of hydrogen-bond donors (Lipinski definition) is 5. The molecule has 2 aliphatic heterocycles. The molecule has 0 spiro atoms. The molecule has 0 radical (unpaired) electrons. The standard InChI is InChI=1S/C27H48BN7O6.CH4/c1-16(2)13-22(28-40-21-15-17-14-20(26(17,3)4)27(21,5)41-28)33-24(37)19(10-8-12-31-25(29)34-35(38)39)32-23(36)18-9-6-7-11-30-18;/h16-22,30H,6-15H2,1-5H3,(H,32,36)(H,33,37)(H3,29,31,34);1H4/t17-,18?,19-,20-,21+,22-,27-;/m0./s1. The molecule has 7 atom stereocenters. The van der Waals surface area contributed by atoms with Crippen LogP contribution in [0.3, 0.4) is 0 Å². The lowest BCUT2D eigenvalue weighted by Gasteiger charge is -2.64. The fourth-order valence-electron chi connectivity index (χ4n) is 7.34. The number of nitrogens with two attached hydrogens (primary N) is 1. The van der Waals surface area contributed by atoms with Crippen LogP contribution in [0.2, 0.25) is 0 Å². The topological polar surface area (TPSA) is 182 Å². The molecule has 13 nitrogen and oxygen atoms in total. The smallest absolute Gasteiger partial charge is 0.404 e. The molecule has 0 aromatic rings. The van der Waals surface area contributed by atoms with Crippen LogP contribution >= 0.6 is 0 Å². The van der Waals surface area contributed by atoms with Crippen molar-refractivity contribution >= 4 is 24.9 Å². The minimum atomic E-state index is -0.813. The van der Waals surface area contributed by atoms with Gasteiger partial charge in [-0.2, -0.15) is 0 Å². The van der Waals surface area contributed by atoms with E-state index in [9.17, 15) is 19.7 Å². The molecule has 14 heteroatoms. The molecule has 5 aliphatic rings. The van der Waals surface area contributed by atoms with Crippen LogP contribution < -0.4 is 27.1 Å². The second-order valence-electron chi connectivity index (χ2n) is 13.4. The first-order chi connectivity index (χ1) is 19.3. The normalized spacial score (nSPS) is 31.2.